The molecule has 0 radical (unpaired) electrons. The standard InChI is InChI=1S/C26H27N3O3S/c1-4-17(2)20-7-11-22(12-8-20)32-14-13-31-21-9-5-19(6-10-21)15-23-24(27)29-16-18(3)33-26(29)28-25(23)30/h5-12,15-17,27H,4,13-14H2,1-3H3/b23-15-,27-24?/t17-/m1/s1. The molecule has 0 unspecified atom stereocenters. The van der Waals surface area contributed by atoms with E-state index in [-0.39, 0.29) is 11.4 Å². The van der Waals surface area contributed by atoms with Gasteiger partial charge in [-0.1, -0.05) is 49.9 Å². The summed E-state index contributed by atoms with van der Waals surface area (Å²) in [5.74, 6) is 1.85. The summed E-state index contributed by atoms with van der Waals surface area (Å²) in [5, 5.41) is 8.91. The first-order valence-electron chi connectivity index (χ1n) is 11.0. The van der Waals surface area contributed by atoms with Crippen LogP contribution in [0, 0.1) is 5.41 Å². The van der Waals surface area contributed by atoms with Gasteiger partial charge in [-0.05, 0) is 60.7 Å². The predicted octanol–water partition coefficient (Wildman–Crippen LogP) is 5.82. The summed E-state index contributed by atoms with van der Waals surface area (Å²) in [7, 11) is 0. The SMILES string of the molecule is CC[C@@H](C)c1ccc(OCCOc2ccc(/C=C3/C(=N)N4C=C(C)SC4=NC3=O)cc2)cc1. The number of hydrogen-bond donors (Lipinski definition) is 1. The number of benzene rings is 2. The van der Waals surface area contributed by atoms with Gasteiger partial charge < -0.3 is 9.47 Å². The highest BCUT2D eigenvalue weighted by Gasteiger charge is 2.32. The highest BCUT2D eigenvalue weighted by Crippen LogP contribution is 2.32. The third-order valence-corrected chi connectivity index (χ3v) is 6.46. The van der Waals surface area contributed by atoms with Crippen LogP contribution in [-0.4, -0.2) is 35.0 Å². The van der Waals surface area contributed by atoms with Crippen molar-refractivity contribution in [2.75, 3.05) is 13.2 Å². The van der Waals surface area contributed by atoms with Crippen LogP contribution >= 0.6 is 11.8 Å². The average molecular weight is 462 g/mol. The van der Waals surface area contributed by atoms with Gasteiger partial charge in [-0.2, -0.15) is 4.99 Å². The number of rotatable bonds is 8. The van der Waals surface area contributed by atoms with Crippen LogP contribution in [0.3, 0.4) is 0 Å². The highest BCUT2D eigenvalue weighted by atomic mass is 32.2. The Kier molecular flexibility index (Phi) is 6.99. The van der Waals surface area contributed by atoms with Crippen molar-refractivity contribution >= 4 is 34.7 Å². The number of aliphatic imine (C=N–C) groups is 1. The molecule has 0 saturated heterocycles. The second kappa shape index (κ2) is 10.1. The lowest BCUT2D eigenvalue weighted by atomic mass is 9.99. The van der Waals surface area contributed by atoms with E-state index in [2.05, 4.69) is 31.0 Å². The molecule has 1 amide bonds. The first kappa shape index (κ1) is 22.9. The van der Waals surface area contributed by atoms with Crippen molar-refractivity contribution in [3.63, 3.8) is 0 Å². The first-order valence-corrected chi connectivity index (χ1v) is 11.8. The molecule has 2 aliphatic rings. The lowest BCUT2D eigenvalue weighted by molar-refractivity contribution is -0.114. The number of ether oxygens (including phenoxy) is 2. The second-order valence-corrected chi connectivity index (χ2v) is 9.18. The van der Waals surface area contributed by atoms with Crippen LogP contribution in [-0.2, 0) is 4.79 Å². The van der Waals surface area contributed by atoms with E-state index in [1.54, 1.807) is 11.0 Å². The van der Waals surface area contributed by atoms with Crippen LogP contribution in [0.15, 0.2) is 70.2 Å². The van der Waals surface area contributed by atoms with Crippen LogP contribution in [0.5, 0.6) is 11.5 Å². The Morgan fingerprint density at radius 2 is 1.67 bits per heavy atom. The molecule has 1 N–H and O–H groups in total. The van der Waals surface area contributed by atoms with Crippen molar-refractivity contribution in [2.24, 2.45) is 4.99 Å². The number of amides is 1. The zero-order valence-electron chi connectivity index (χ0n) is 19.0. The van der Waals surface area contributed by atoms with Gasteiger partial charge >= 0.3 is 0 Å². The van der Waals surface area contributed by atoms with E-state index in [0.29, 0.717) is 30.0 Å². The number of carbonyl (C=O) groups excluding carboxylic acids is 1. The number of nitrogens with one attached hydrogen (secondary N) is 1. The molecule has 0 aliphatic carbocycles. The molecule has 0 bridgehead atoms. The Morgan fingerprint density at radius 1 is 1.06 bits per heavy atom. The molecule has 2 aromatic carbocycles. The summed E-state index contributed by atoms with van der Waals surface area (Å²) in [4.78, 5) is 19.1. The van der Waals surface area contributed by atoms with Gasteiger partial charge in [0.15, 0.2) is 5.17 Å². The van der Waals surface area contributed by atoms with E-state index >= 15 is 0 Å². The van der Waals surface area contributed by atoms with E-state index in [0.717, 1.165) is 22.6 Å². The van der Waals surface area contributed by atoms with Crippen molar-refractivity contribution in [3.05, 3.63) is 76.3 Å². The molecule has 1 atom stereocenters. The number of amidine groups is 2. The Hall–Kier alpha value is -3.32. The molecule has 33 heavy (non-hydrogen) atoms. The predicted molar refractivity (Wildman–Crippen MR) is 134 cm³/mol. The van der Waals surface area contributed by atoms with Gasteiger partial charge in [-0.3, -0.25) is 15.1 Å². The molecule has 0 spiro atoms. The maximum atomic E-state index is 12.4. The maximum Gasteiger partial charge on any atom is 0.283 e. The van der Waals surface area contributed by atoms with Crippen molar-refractivity contribution in [1.82, 2.24) is 4.90 Å². The highest BCUT2D eigenvalue weighted by molar-refractivity contribution is 8.17. The number of thioether (sulfide) groups is 1. The van der Waals surface area contributed by atoms with Crippen LogP contribution < -0.4 is 9.47 Å². The van der Waals surface area contributed by atoms with Crippen LogP contribution in [0.2, 0.25) is 0 Å². The molecule has 2 heterocycles. The molecule has 170 valence electrons. The second-order valence-electron chi connectivity index (χ2n) is 7.96. The molecule has 6 nitrogen and oxygen atoms in total. The number of nitrogens with zero attached hydrogens (tertiary/aromatic N) is 2. The Labute approximate surface area is 198 Å². The fourth-order valence-electron chi connectivity index (χ4n) is 3.48. The lowest BCUT2D eigenvalue weighted by Gasteiger charge is -2.22. The number of carbonyl (C=O) groups is 1. The number of fused-ring (bicyclic) bond motifs is 1. The van der Waals surface area contributed by atoms with E-state index in [4.69, 9.17) is 14.9 Å². The fourth-order valence-corrected chi connectivity index (χ4v) is 4.29. The fraction of sp³-hybridized carbons (Fsp3) is 0.269. The number of allylic oxidation sites excluding steroid dienone is 1. The Balaban J connectivity index is 1.30. The van der Waals surface area contributed by atoms with Gasteiger partial charge in [0.2, 0.25) is 0 Å². The van der Waals surface area contributed by atoms with E-state index < -0.39 is 5.91 Å². The Morgan fingerprint density at radius 3 is 2.27 bits per heavy atom. The van der Waals surface area contributed by atoms with E-state index in [1.807, 2.05) is 49.5 Å². The first-order chi connectivity index (χ1) is 15.9. The van der Waals surface area contributed by atoms with Gasteiger partial charge in [0.25, 0.3) is 5.91 Å². The average Bonchev–Trinajstić information content (AvgIpc) is 3.20. The smallest absolute Gasteiger partial charge is 0.283 e. The van der Waals surface area contributed by atoms with Gasteiger partial charge in [0, 0.05) is 11.1 Å². The summed E-state index contributed by atoms with van der Waals surface area (Å²) in [6.45, 7) is 7.20. The van der Waals surface area contributed by atoms with E-state index in [9.17, 15) is 4.79 Å². The quantitative estimate of drug-likeness (QED) is 0.396. The molecule has 0 fully saturated rings. The normalized spacial score (nSPS) is 17.5. The van der Waals surface area contributed by atoms with Crippen molar-refractivity contribution in [1.29, 1.82) is 5.41 Å². The van der Waals surface area contributed by atoms with Crippen molar-refractivity contribution in [3.8, 4) is 11.5 Å². The van der Waals surface area contributed by atoms with Crippen LogP contribution in [0.1, 0.15) is 44.2 Å². The lowest BCUT2D eigenvalue weighted by Crippen LogP contribution is -2.35. The molecule has 4 rings (SSSR count). The summed E-state index contributed by atoms with van der Waals surface area (Å²) < 4.78 is 11.5. The molecular weight excluding hydrogens is 434 g/mol. The summed E-state index contributed by atoms with van der Waals surface area (Å²) >= 11 is 1.40. The molecule has 0 saturated carbocycles. The molecule has 7 heteroatoms. The maximum absolute atomic E-state index is 12.4. The molecule has 2 aliphatic heterocycles. The van der Waals surface area contributed by atoms with Gasteiger partial charge in [-0.25, -0.2) is 0 Å². The van der Waals surface area contributed by atoms with Gasteiger partial charge in [0.1, 0.15) is 30.5 Å². The minimum Gasteiger partial charge on any atom is -0.490 e. The molecular formula is C26H27N3O3S. The zero-order chi connectivity index (χ0) is 23.4. The Bertz CT molecular complexity index is 1130. The largest absolute Gasteiger partial charge is 0.490 e. The van der Waals surface area contributed by atoms with Gasteiger partial charge in [0.05, 0.1) is 5.57 Å². The minimum absolute atomic E-state index is 0.143. The van der Waals surface area contributed by atoms with E-state index in [1.165, 1.54) is 17.3 Å². The summed E-state index contributed by atoms with van der Waals surface area (Å²) in [5.41, 5.74) is 2.39. The monoisotopic (exact) mass is 461 g/mol. The van der Waals surface area contributed by atoms with Crippen molar-refractivity contribution < 1.29 is 14.3 Å². The summed E-state index contributed by atoms with van der Waals surface area (Å²) in [6.07, 6.45) is 4.63. The van der Waals surface area contributed by atoms with Crippen molar-refractivity contribution in [2.45, 2.75) is 33.1 Å². The topological polar surface area (TPSA) is 75.0 Å². The van der Waals surface area contributed by atoms with Gasteiger partial charge in [-0.15, -0.1) is 0 Å². The minimum atomic E-state index is -0.392. The molecule has 2 aromatic rings. The zero-order valence-corrected chi connectivity index (χ0v) is 19.8. The molecule has 0 aromatic heterocycles. The third kappa shape index (κ3) is 5.37. The van der Waals surface area contributed by atoms with Crippen LogP contribution in [0.25, 0.3) is 6.08 Å². The summed E-state index contributed by atoms with van der Waals surface area (Å²) in [6, 6.07) is 15.6. The number of hydrogen-bond acceptors (Lipinski definition) is 5. The third-order valence-electron chi connectivity index (χ3n) is 5.57. The van der Waals surface area contributed by atoms with Crippen LogP contribution in [0.4, 0.5) is 0 Å².